The molecule has 3 atom stereocenters. The van der Waals surface area contributed by atoms with Crippen molar-refractivity contribution in [1.29, 1.82) is 0 Å². The van der Waals surface area contributed by atoms with E-state index in [1.54, 1.807) is 0 Å². The molecule has 2 fully saturated rings. The molecule has 96 valence electrons. The van der Waals surface area contributed by atoms with Gasteiger partial charge in [0.25, 0.3) is 0 Å². The third-order valence-corrected chi connectivity index (χ3v) is 3.70. The van der Waals surface area contributed by atoms with E-state index in [4.69, 9.17) is 10.5 Å². The SMILES string of the molecule is NC1CCCC1C(=O)NC1(C(=O)O)CCOC1. The first-order valence-corrected chi connectivity index (χ1v) is 5.94. The lowest BCUT2D eigenvalue weighted by Crippen LogP contribution is -2.57. The average Bonchev–Trinajstić information content (AvgIpc) is 2.87. The molecule has 1 aliphatic carbocycles. The largest absolute Gasteiger partial charge is 0.479 e. The highest BCUT2D eigenvalue weighted by molar-refractivity contribution is 5.89. The van der Waals surface area contributed by atoms with Crippen LogP contribution >= 0.6 is 0 Å². The van der Waals surface area contributed by atoms with Gasteiger partial charge in [0, 0.05) is 19.1 Å². The Bertz CT molecular complexity index is 325. The molecule has 1 saturated carbocycles. The summed E-state index contributed by atoms with van der Waals surface area (Å²) >= 11 is 0. The Kier molecular flexibility index (Phi) is 3.35. The van der Waals surface area contributed by atoms with Gasteiger partial charge in [-0.05, 0) is 12.8 Å². The van der Waals surface area contributed by atoms with Crippen molar-refractivity contribution in [3.63, 3.8) is 0 Å². The van der Waals surface area contributed by atoms with Crippen molar-refractivity contribution < 1.29 is 19.4 Å². The number of hydrogen-bond donors (Lipinski definition) is 3. The minimum absolute atomic E-state index is 0.0377. The van der Waals surface area contributed by atoms with E-state index in [9.17, 15) is 14.7 Å². The van der Waals surface area contributed by atoms with Gasteiger partial charge < -0.3 is 20.9 Å². The van der Waals surface area contributed by atoms with Crippen LogP contribution in [0.4, 0.5) is 0 Å². The lowest BCUT2D eigenvalue weighted by atomic mass is 9.96. The summed E-state index contributed by atoms with van der Waals surface area (Å²) in [6.45, 7) is 0.402. The number of nitrogens with two attached hydrogens (primary N) is 1. The van der Waals surface area contributed by atoms with Crippen LogP contribution in [0.5, 0.6) is 0 Å². The van der Waals surface area contributed by atoms with Crippen molar-refractivity contribution in [1.82, 2.24) is 5.32 Å². The third kappa shape index (κ3) is 2.28. The van der Waals surface area contributed by atoms with Crippen molar-refractivity contribution in [2.45, 2.75) is 37.3 Å². The first-order valence-electron chi connectivity index (χ1n) is 5.94. The maximum absolute atomic E-state index is 12.0. The molecule has 0 radical (unpaired) electrons. The number of carboxylic acids is 1. The molecular formula is C11H18N2O4. The van der Waals surface area contributed by atoms with Crippen molar-refractivity contribution in [2.24, 2.45) is 11.7 Å². The fourth-order valence-corrected chi connectivity index (χ4v) is 2.53. The second-order valence-corrected chi connectivity index (χ2v) is 4.88. The van der Waals surface area contributed by atoms with Crippen LogP contribution in [-0.4, -0.2) is 41.8 Å². The summed E-state index contributed by atoms with van der Waals surface area (Å²) in [5.41, 5.74) is 4.58. The van der Waals surface area contributed by atoms with Crippen molar-refractivity contribution in [3.05, 3.63) is 0 Å². The minimum atomic E-state index is -1.25. The molecule has 2 rings (SSSR count). The van der Waals surface area contributed by atoms with Gasteiger partial charge in [0.15, 0.2) is 5.54 Å². The Morgan fingerprint density at radius 3 is 2.65 bits per heavy atom. The van der Waals surface area contributed by atoms with Crippen LogP contribution in [0.1, 0.15) is 25.7 Å². The van der Waals surface area contributed by atoms with Crippen molar-refractivity contribution >= 4 is 11.9 Å². The Morgan fingerprint density at radius 2 is 2.18 bits per heavy atom. The van der Waals surface area contributed by atoms with Crippen molar-refractivity contribution in [3.8, 4) is 0 Å². The zero-order valence-corrected chi connectivity index (χ0v) is 9.65. The molecule has 0 aromatic rings. The van der Waals surface area contributed by atoms with Gasteiger partial charge in [-0.25, -0.2) is 4.79 Å². The van der Waals surface area contributed by atoms with E-state index in [1.165, 1.54) is 0 Å². The molecule has 6 nitrogen and oxygen atoms in total. The Balaban J connectivity index is 2.03. The third-order valence-electron chi connectivity index (χ3n) is 3.70. The van der Waals surface area contributed by atoms with Crippen molar-refractivity contribution in [2.75, 3.05) is 13.2 Å². The minimum Gasteiger partial charge on any atom is -0.479 e. The van der Waals surface area contributed by atoms with E-state index < -0.39 is 11.5 Å². The summed E-state index contributed by atoms with van der Waals surface area (Å²) in [6.07, 6.45) is 2.81. The summed E-state index contributed by atoms with van der Waals surface area (Å²) in [5.74, 6) is -1.54. The van der Waals surface area contributed by atoms with Gasteiger partial charge in [-0.1, -0.05) is 6.42 Å². The highest BCUT2D eigenvalue weighted by Crippen LogP contribution is 2.26. The Hall–Kier alpha value is -1.14. The smallest absolute Gasteiger partial charge is 0.331 e. The number of ether oxygens (including phenoxy) is 1. The summed E-state index contributed by atoms with van der Waals surface area (Å²) in [7, 11) is 0. The molecule has 1 amide bonds. The number of amides is 1. The Labute approximate surface area is 99.5 Å². The lowest BCUT2D eigenvalue weighted by Gasteiger charge is -2.26. The molecule has 2 aliphatic rings. The van der Waals surface area contributed by atoms with E-state index in [2.05, 4.69) is 5.32 Å². The zero-order valence-electron chi connectivity index (χ0n) is 9.65. The number of carbonyl (C=O) groups is 2. The highest BCUT2D eigenvalue weighted by Gasteiger charge is 2.45. The predicted molar refractivity (Wildman–Crippen MR) is 59.3 cm³/mol. The number of hydrogen-bond acceptors (Lipinski definition) is 4. The fourth-order valence-electron chi connectivity index (χ4n) is 2.53. The molecule has 1 aliphatic heterocycles. The van der Waals surface area contributed by atoms with Crippen LogP contribution in [0.25, 0.3) is 0 Å². The van der Waals surface area contributed by atoms with Crippen LogP contribution in [0.15, 0.2) is 0 Å². The maximum Gasteiger partial charge on any atom is 0.331 e. The lowest BCUT2D eigenvalue weighted by molar-refractivity contribution is -0.148. The quantitative estimate of drug-likeness (QED) is 0.617. The molecule has 1 heterocycles. The summed E-state index contributed by atoms with van der Waals surface area (Å²) in [4.78, 5) is 23.2. The molecule has 17 heavy (non-hydrogen) atoms. The van der Waals surface area contributed by atoms with Crippen LogP contribution in [0.3, 0.4) is 0 Å². The molecule has 0 bridgehead atoms. The summed E-state index contributed by atoms with van der Waals surface area (Å²) < 4.78 is 5.09. The second-order valence-electron chi connectivity index (χ2n) is 4.88. The highest BCUT2D eigenvalue weighted by atomic mass is 16.5. The monoisotopic (exact) mass is 242 g/mol. The van der Waals surface area contributed by atoms with Crippen LogP contribution in [0, 0.1) is 5.92 Å². The van der Waals surface area contributed by atoms with Crippen LogP contribution < -0.4 is 11.1 Å². The molecule has 0 aromatic heterocycles. The molecule has 1 saturated heterocycles. The molecule has 3 unspecified atom stereocenters. The van der Waals surface area contributed by atoms with E-state index in [-0.39, 0.29) is 24.5 Å². The van der Waals surface area contributed by atoms with Gasteiger partial charge >= 0.3 is 5.97 Å². The molecule has 0 spiro atoms. The first kappa shape index (κ1) is 12.3. The van der Waals surface area contributed by atoms with Gasteiger partial charge in [-0.3, -0.25) is 4.79 Å². The number of nitrogens with one attached hydrogen (secondary N) is 1. The topological polar surface area (TPSA) is 102 Å². The van der Waals surface area contributed by atoms with E-state index >= 15 is 0 Å². The number of carbonyl (C=O) groups excluding carboxylic acids is 1. The fraction of sp³-hybridized carbons (Fsp3) is 0.818. The van der Waals surface area contributed by atoms with Gasteiger partial charge in [0.05, 0.1) is 12.5 Å². The number of aliphatic carboxylic acids is 1. The van der Waals surface area contributed by atoms with Crippen LogP contribution in [0.2, 0.25) is 0 Å². The first-order chi connectivity index (χ1) is 8.05. The average molecular weight is 242 g/mol. The van der Waals surface area contributed by atoms with Gasteiger partial charge in [-0.2, -0.15) is 0 Å². The molecule has 4 N–H and O–H groups in total. The molecule has 6 heteroatoms. The van der Waals surface area contributed by atoms with Crippen LogP contribution in [-0.2, 0) is 14.3 Å². The number of carboxylic acid groups (broad SMARTS) is 1. The predicted octanol–water partition coefficient (Wildman–Crippen LogP) is -0.526. The summed E-state index contributed by atoms with van der Waals surface area (Å²) in [5, 5.41) is 11.8. The zero-order chi connectivity index (χ0) is 12.5. The standard InChI is InChI=1S/C11H18N2O4/c12-8-3-1-2-7(8)9(14)13-11(10(15)16)4-5-17-6-11/h7-8H,1-6,12H2,(H,13,14)(H,15,16). The summed E-state index contributed by atoms with van der Waals surface area (Å²) in [6, 6.07) is -0.150. The van der Waals surface area contributed by atoms with Gasteiger partial charge in [0.2, 0.25) is 5.91 Å². The molecule has 0 aromatic carbocycles. The maximum atomic E-state index is 12.0. The number of rotatable bonds is 3. The molecular weight excluding hydrogens is 224 g/mol. The van der Waals surface area contributed by atoms with Gasteiger partial charge in [-0.15, -0.1) is 0 Å². The van der Waals surface area contributed by atoms with E-state index in [0.29, 0.717) is 13.0 Å². The van der Waals surface area contributed by atoms with E-state index in [1.807, 2.05) is 0 Å². The second kappa shape index (κ2) is 4.62. The van der Waals surface area contributed by atoms with Gasteiger partial charge in [0.1, 0.15) is 0 Å². The normalized spacial score (nSPS) is 37.0. The van der Waals surface area contributed by atoms with E-state index in [0.717, 1.165) is 19.3 Å². The Morgan fingerprint density at radius 1 is 1.41 bits per heavy atom.